The van der Waals surface area contributed by atoms with Gasteiger partial charge in [0.15, 0.2) is 5.78 Å². The van der Waals surface area contributed by atoms with E-state index in [1.807, 2.05) is 4.68 Å². The molecule has 0 bridgehead atoms. The number of aromatic nitrogens is 4. The minimum atomic E-state index is 0.0628. The predicted molar refractivity (Wildman–Crippen MR) is 79.7 cm³/mol. The van der Waals surface area contributed by atoms with E-state index in [0.717, 1.165) is 18.0 Å². The maximum absolute atomic E-state index is 12.0. The van der Waals surface area contributed by atoms with Gasteiger partial charge in [0.25, 0.3) is 0 Å². The molecule has 20 heavy (non-hydrogen) atoms. The third-order valence-corrected chi connectivity index (χ3v) is 5.52. The quantitative estimate of drug-likeness (QED) is 0.621. The molecule has 0 amide bonds. The van der Waals surface area contributed by atoms with Gasteiger partial charge in [-0.25, -0.2) is 4.68 Å². The van der Waals surface area contributed by atoms with Crippen molar-refractivity contribution in [2.24, 2.45) is 0 Å². The Morgan fingerprint density at radius 1 is 1.45 bits per heavy atom. The highest BCUT2D eigenvalue weighted by molar-refractivity contribution is 7.99. The molecule has 1 aliphatic carbocycles. The lowest BCUT2D eigenvalue weighted by Gasteiger charge is -2.10. The Bertz CT molecular complexity index is 606. The molecule has 0 unspecified atom stereocenters. The first kappa shape index (κ1) is 14.0. The first-order chi connectivity index (χ1) is 9.74. The molecule has 0 spiro atoms. The van der Waals surface area contributed by atoms with Crippen molar-refractivity contribution in [2.75, 3.05) is 5.75 Å². The number of thioether (sulfide) groups is 1. The molecular formula is C12H13ClN4OS2. The van der Waals surface area contributed by atoms with Gasteiger partial charge in [-0.15, -0.1) is 16.4 Å². The number of hydrogen-bond donors (Lipinski definition) is 0. The fourth-order valence-electron chi connectivity index (χ4n) is 2.32. The van der Waals surface area contributed by atoms with E-state index in [4.69, 9.17) is 11.6 Å². The van der Waals surface area contributed by atoms with Crippen LogP contribution in [0, 0.1) is 0 Å². The van der Waals surface area contributed by atoms with Crippen LogP contribution in [0.25, 0.3) is 0 Å². The Morgan fingerprint density at radius 3 is 2.95 bits per heavy atom. The van der Waals surface area contributed by atoms with Gasteiger partial charge in [0, 0.05) is 0 Å². The van der Waals surface area contributed by atoms with Crippen LogP contribution in [0.1, 0.15) is 41.4 Å². The van der Waals surface area contributed by atoms with Gasteiger partial charge in [-0.2, -0.15) is 0 Å². The summed E-state index contributed by atoms with van der Waals surface area (Å²) in [4.78, 5) is 12.7. The van der Waals surface area contributed by atoms with Gasteiger partial charge in [0.1, 0.15) is 0 Å². The average molecular weight is 329 g/mol. The molecule has 1 saturated carbocycles. The number of halogens is 1. The molecule has 2 aromatic rings. The topological polar surface area (TPSA) is 60.7 Å². The monoisotopic (exact) mass is 328 g/mol. The number of nitrogens with zero attached hydrogens (tertiary/aromatic N) is 4. The van der Waals surface area contributed by atoms with Crippen molar-refractivity contribution in [1.82, 2.24) is 20.2 Å². The second kappa shape index (κ2) is 6.24. The number of carbonyl (C=O) groups is 1. The molecule has 0 saturated heterocycles. The Hall–Kier alpha value is -0.920. The zero-order chi connectivity index (χ0) is 13.9. The summed E-state index contributed by atoms with van der Waals surface area (Å²) < 4.78 is 2.50. The van der Waals surface area contributed by atoms with Crippen LogP contribution in [0.3, 0.4) is 0 Å². The molecule has 0 aromatic carbocycles. The van der Waals surface area contributed by atoms with Gasteiger partial charge in [0.05, 0.1) is 21.0 Å². The third-order valence-electron chi connectivity index (χ3n) is 3.31. The van der Waals surface area contributed by atoms with E-state index in [2.05, 4.69) is 15.5 Å². The molecule has 2 aromatic heterocycles. The molecule has 0 N–H and O–H groups in total. The first-order valence-corrected chi connectivity index (χ1v) is 8.61. The van der Waals surface area contributed by atoms with Crippen LogP contribution in [0.5, 0.6) is 0 Å². The SMILES string of the molecule is O=C(CSc1nnnn1C1CCCC1)c1ccc(Cl)s1. The van der Waals surface area contributed by atoms with Crippen molar-refractivity contribution in [1.29, 1.82) is 0 Å². The van der Waals surface area contributed by atoms with Crippen LogP contribution < -0.4 is 0 Å². The molecule has 1 aliphatic rings. The molecular weight excluding hydrogens is 316 g/mol. The largest absolute Gasteiger partial charge is 0.292 e. The minimum Gasteiger partial charge on any atom is -0.292 e. The number of ketones is 1. The van der Waals surface area contributed by atoms with Crippen LogP contribution >= 0.6 is 34.7 Å². The summed E-state index contributed by atoms with van der Waals surface area (Å²) in [5.41, 5.74) is 0. The zero-order valence-electron chi connectivity index (χ0n) is 10.7. The second-order valence-electron chi connectivity index (χ2n) is 4.66. The summed E-state index contributed by atoms with van der Waals surface area (Å²) in [6, 6.07) is 3.89. The highest BCUT2D eigenvalue weighted by atomic mass is 35.5. The van der Waals surface area contributed by atoms with Gasteiger partial charge in [-0.3, -0.25) is 4.79 Å². The molecule has 0 aliphatic heterocycles. The fourth-order valence-corrected chi connectivity index (χ4v) is 4.22. The highest BCUT2D eigenvalue weighted by Gasteiger charge is 2.22. The summed E-state index contributed by atoms with van der Waals surface area (Å²) in [6.07, 6.45) is 4.68. The van der Waals surface area contributed by atoms with Crippen LogP contribution in [-0.4, -0.2) is 31.7 Å². The number of thiophene rings is 1. The molecule has 2 heterocycles. The number of hydrogen-bond acceptors (Lipinski definition) is 6. The number of tetrazole rings is 1. The molecule has 1 fully saturated rings. The van der Waals surface area contributed by atoms with Crippen molar-refractivity contribution in [3.8, 4) is 0 Å². The Balaban J connectivity index is 1.64. The van der Waals surface area contributed by atoms with Gasteiger partial charge in [0.2, 0.25) is 5.16 Å². The fraction of sp³-hybridized carbons (Fsp3) is 0.500. The first-order valence-electron chi connectivity index (χ1n) is 6.43. The van der Waals surface area contributed by atoms with Crippen LogP contribution in [0.2, 0.25) is 4.34 Å². The predicted octanol–water partition coefficient (Wildman–Crippen LogP) is 3.48. The maximum Gasteiger partial charge on any atom is 0.210 e. The molecule has 8 heteroatoms. The van der Waals surface area contributed by atoms with Crippen molar-refractivity contribution in [3.63, 3.8) is 0 Å². The van der Waals surface area contributed by atoms with E-state index in [1.165, 1.54) is 35.9 Å². The summed E-state index contributed by atoms with van der Waals surface area (Å²) in [5.74, 6) is 0.400. The highest BCUT2D eigenvalue weighted by Crippen LogP contribution is 2.31. The second-order valence-corrected chi connectivity index (χ2v) is 7.32. The smallest absolute Gasteiger partial charge is 0.210 e. The summed E-state index contributed by atoms with van der Waals surface area (Å²) >= 11 is 8.54. The molecule has 3 rings (SSSR count). The zero-order valence-corrected chi connectivity index (χ0v) is 13.0. The van der Waals surface area contributed by atoms with E-state index < -0.39 is 0 Å². The van der Waals surface area contributed by atoms with E-state index >= 15 is 0 Å². The molecule has 0 radical (unpaired) electrons. The summed E-state index contributed by atoms with van der Waals surface area (Å²) in [5, 5.41) is 12.5. The normalized spacial score (nSPS) is 15.8. The molecule has 5 nitrogen and oxygen atoms in total. The lowest BCUT2D eigenvalue weighted by molar-refractivity contribution is 0.102. The minimum absolute atomic E-state index is 0.0628. The number of rotatable bonds is 5. The van der Waals surface area contributed by atoms with E-state index in [-0.39, 0.29) is 5.78 Å². The average Bonchev–Trinajstić information content (AvgIpc) is 3.16. The Morgan fingerprint density at radius 2 is 2.25 bits per heavy atom. The van der Waals surface area contributed by atoms with Gasteiger partial charge >= 0.3 is 0 Å². The van der Waals surface area contributed by atoms with E-state index in [1.54, 1.807) is 12.1 Å². The number of Topliss-reactive ketones (excluding diaryl/α,β-unsaturated/α-hetero) is 1. The van der Waals surface area contributed by atoms with E-state index in [0.29, 0.717) is 21.0 Å². The lowest BCUT2D eigenvalue weighted by Crippen LogP contribution is -2.09. The summed E-state index contributed by atoms with van der Waals surface area (Å²) in [6.45, 7) is 0. The third kappa shape index (κ3) is 3.05. The van der Waals surface area contributed by atoms with Gasteiger partial charge < -0.3 is 0 Å². The van der Waals surface area contributed by atoms with Gasteiger partial charge in [-0.05, 0) is 35.4 Å². The lowest BCUT2D eigenvalue weighted by atomic mass is 10.3. The maximum atomic E-state index is 12.0. The van der Waals surface area contributed by atoms with Crippen molar-refractivity contribution in [2.45, 2.75) is 36.9 Å². The van der Waals surface area contributed by atoms with Crippen LogP contribution in [0.4, 0.5) is 0 Å². The number of carbonyl (C=O) groups excluding carboxylic acids is 1. The Labute approximate surface area is 129 Å². The van der Waals surface area contributed by atoms with Crippen LogP contribution in [0.15, 0.2) is 17.3 Å². The Kier molecular flexibility index (Phi) is 4.38. The van der Waals surface area contributed by atoms with Gasteiger partial charge in [-0.1, -0.05) is 36.2 Å². The van der Waals surface area contributed by atoms with Crippen LogP contribution in [-0.2, 0) is 0 Å². The van der Waals surface area contributed by atoms with Crippen molar-refractivity contribution in [3.05, 3.63) is 21.3 Å². The molecule has 106 valence electrons. The van der Waals surface area contributed by atoms with Crippen molar-refractivity contribution < 1.29 is 4.79 Å². The standard InChI is InChI=1S/C12H13ClN4OS2/c13-11-6-5-10(20-11)9(18)7-19-12-14-15-16-17(12)8-3-1-2-4-8/h5-6,8H,1-4,7H2. The molecule has 0 atom stereocenters. The van der Waals surface area contributed by atoms with Crippen molar-refractivity contribution >= 4 is 40.5 Å². The summed E-state index contributed by atoms with van der Waals surface area (Å²) in [7, 11) is 0. The van der Waals surface area contributed by atoms with E-state index in [9.17, 15) is 4.79 Å².